The van der Waals surface area contributed by atoms with Crippen molar-refractivity contribution in [3.05, 3.63) is 109 Å². The SMILES string of the molecule is CC/C=C\C/C=C\C/C=C\C/C=C\C/C=C\C/C=C\C/C=C\CCCC(=O)OCC(COC(=O)CCCCCCCCCCCCCCCCCCCCCCC)OC(=O)CCCCCCCCCCC/C=C\C/C=C\CCCCCCC. The molecule has 0 bridgehead atoms. The molecule has 0 radical (unpaired) electrons. The van der Waals surface area contributed by atoms with Crippen molar-refractivity contribution in [2.45, 2.75) is 348 Å². The van der Waals surface area contributed by atoms with E-state index >= 15 is 0 Å². The number of rotatable bonds is 64. The van der Waals surface area contributed by atoms with Crippen LogP contribution < -0.4 is 0 Å². The number of ether oxygens (including phenoxy) is 3. The summed E-state index contributed by atoms with van der Waals surface area (Å²) in [6.07, 6.45) is 96.8. The Bertz CT molecular complexity index is 1660. The highest BCUT2D eigenvalue weighted by molar-refractivity contribution is 5.71. The first-order valence-corrected chi connectivity index (χ1v) is 35.4. The second-order valence-corrected chi connectivity index (χ2v) is 23.4. The Kier molecular flexibility index (Phi) is 67.2. The molecule has 0 rings (SSSR count). The van der Waals surface area contributed by atoms with Gasteiger partial charge in [-0.2, -0.15) is 0 Å². The van der Waals surface area contributed by atoms with Crippen molar-refractivity contribution in [1.29, 1.82) is 0 Å². The summed E-state index contributed by atoms with van der Waals surface area (Å²) >= 11 is 0. The van der Waals surface area contributed by atoms with Crippen LogP contribution in [-0.2, 0) is 28.6 Å². The van der Waals surface area contributed by atoms with E-state index in [2.05, 4.69) is 130 Å². The lowest BCUT2D eigenvalue weighted by atomic mass is 10.0. The molecule has 0 aliphatic carbocycles. The first-order valence-electron chi connectivity index (χ1n) is 35.4. The van der Waals surface area contributed by atoms with E-state index in [1.807, 2.05) is 0 Å². The largest absolute Gasteiger partial charge is 0.462 e. The molecule has 83 heavy (non-hydrogen) atoms. The zero-order chi connectivity index (χ0) is 59.9. The highest BCUT2D eigenvalue weighted by Gasteiger charge is 2.19. The van der Waals surface area contributed by atoms with Gasteiger partial charge in [-0.25, -0.2) is 0 Å². The van der Waals surface area contributed by atoms with E-state index in [9.17, 15) is 14.4 Å². The monoisotopic (exact) mass is 1150 g/mol. The smallest absolute Gasteiger partial charge is 0.306 e. The van der Waals surface area contributed by atoms with Crippen LogP contribution in [0.1, 0.15) is 342 Å². The van der Waals surface area contributed by atoms with Crippen LogP contribution in [-0.4, -0.2) is 37.2 Å². The molecule has 0 fully saturated rings. The minimum atomic E-state index is -0.807. The summed E-state index contributed by atoms with van der Waals surface area (Å²) in [6.45, 7) is 6.51. The molecule has 0 saturated carbocycles. The highest BCUT2D eigenvalue weighted by Crippen LogP contribution is 2.17. The van der Waals surface area contributed by atoms with E-state index in [1.54, 1.807) is 0 Å². The van der Waals surface area contributed by atoms with E-state index < -0.39 is 6.10 Å². The first kappa shape index (κ1) is 79.1. The van der Waals surface area contributed by atoms with Crippen LogP contribution in [0, 0.1) is 0 Å². The zero-order valence-corrected chi connectivity index (χ0v) is 54.7. The molecule has 0 aromatic heterocycles. The average molecular weight is 1150 g/mol. The fraction of sp³-hybridized carbons (Fsp3) is 0.727. The van der Waals surface area contributed by atoms with Crippen LogP contribution in [0.3, 0.4) is 0 Å². The van der Waals surface area contributed by atoms with Crippen LogP contribution in [0.25, 0.3) is 0 Å². The van der Waals surface area contributed by atoms with Gasteiger partial charge in [0.15, 0.2) is 6.10 Å². The maximum Gasteiger partial charge on any atom is 0.306 e. The minimum Gasteiger partial charge on any atom is -0.462 e. The molecular formula is C77H132O6. The predicted octanol–water partition coefficient (Wildman–Crippen LogP) is 24.6. The molecule has 0 N–H and O–H groups in total. The number of carbonyl (C=O) groups excluding carboxylic acids is 3. The van der Waals surface area contributed by atoms with E-state index in [-0.39, 0.29) is 37.5 Å². The minimum absolute atomic E-state index is 0.0959. The zero-order valence-electron chi connectivity index (χ0n) is 54.7. The number of hydrogen-bond acceptors (Lipinski definition) is 6. The van der Waals surface area contributed by atoms with Crippen molar-refractivity contribution in [3.8, 4) is 0 Å². The Labute approximate surface area is 514 Å². The van der Waals surface area contributed by atoms with E-state index in [1.165, 1.54) is 199 Å². The molecule has 1 unspecified atom stereocenters. The van der Waals surface area contributed by atoms with Crippen molar-refractivity contribution in [2.75, 3.05) is 13.2 Å². The number of unbranched alkanes of at least 4 members (excludes halogenated alkanes) is 35. The van der Waals surface area contributed by atoms with Gasteiger partial charge in [0, 0.05) is 19.3 Å². The van der Waals surface area contributed by atoms with Gasteiger partial charge < -0.3 is 14.2 Å². The second kappa shape index (κ2) is 70.6. The molecule has 0 amide bonds. The molecular weight excluding hydrogens is 1020 g/mol. The van der Waals surface area contributed by atoms with Crippen LogP contribution in [0.15, 0.2) is 109 Å². The van der Waals surface area contributed by atoms with Gasteiger partial charge >= 0.3 is 17.9 Å². The lowest BCUT2D eigenvalue weighted by molar-refractivity contribution is -0.167. The van der Waals surface area contributed by atoms with Gasteiger partial charge in [0.2, 0.25) is 0 Å². The molecule has 6 heteroatoms. The third-order valence-electron chi connectivity index (χ3n) is 15.3. The standard InChI is InChI=1S/C77H132O6/c1-4-7-10-13-16-19-22-25-28-31-34-37-38-41-43-46-49-52-55-58-61-64-67-70-76(79)82-73-74(83-77(80)71-68-65-62-59-56-53-50-47-44-40-36-33-30-27-24-21-18-15-12-9-6-3)72-81-75(78)69-66-63-60-57-54-51-48-45-42-39-35-32-29-26-23-20-17-14-11-8-5-2/h7,10,16,19,24-25,27-28,33-34,36-37,41,43,49,52,58,61,74H,4-6,8-9,11-15,17-18,20-23,26,29-32,35,38-40,42,44-48,50-51,53-57,59-60,62-73H2,1-3H3/b10-7-,19-16-,27-24-,28-25-,36-33-,37-34-,43-41-,52-49-,61-58-. The van der Waals surface area contributed by atoms with Gasteiger partial charge in [0.25, 0.3) is 0 Å². The third-order valence-corrected chi connectivity index (χ3v) is 15.3. The summed E-state index contributed by atoms with van der Waals surface area (Å²) in [7, 11) is 0. The molecule has 1 atom stereocenters. The fourth-order valence-electron chi connectivity index (χ4n) is 9.99. The molecule has 0 heterocycles. The summed E-state index contributed by atoms with van der Waals surface area (Å²) < 4.78 is 17.0. The quantitative estimate of drug-likeness (QED) is 0.0261. The normalized spacial score (nSPS) is 12.8. The molecule has 0 saturated heterocycles. The second-order valence-electron chi connectivity index (χ2n) is 23.4. The summed E-state index contributed by atoms with van der Waals surface area (Å²) in [6, 6.07) is 0. The maximum absolute atomic E-state index is 13.0. The van der Waals surface area contributed by atoms with Crippen molar-refractivity contribution < 1.29 is 28.6 Å². The van der Waals surface area contributed by atoms with Crippen molar-refractivity contribution >= 4 is 17.9 Å². The number of esters is 3. The Morgan fingerprint density at radius 3 is 0.783 bits per heavy atom. The van der Waals surface area contributed by atoms with E-state index in [0.717, 1.165) is 96.3 Å². The maximum atomic E-state index is 13.0. The van der Waals surface area contributed by atoms with Crippen molar-refractivity contribution in [2.24, 2.45) is 0 Å². The van der Waals surface area contributed by atoms with Crippen LogP contribution in [0.5, 0.6) is 0 Å². The van der Waals surface area contributed by atoms with Gasteiger partial charge in [0.05, 0.1) is 0 Å². The Hall–Kier alpha value is -3.93. The summed E-state index contributed by atoms with van der Waals surface area (Å²) in [5, 5.41) is 0. The lowest BCUT2D eigenvalue weighted by Gasteiger charge is -2.18. The van der Waals surface area contributed by atoms with Gasteiger partial charge in [0.1, 0.15) is 13.2 Å². The summed E-state index contributed by atoms with van der Waals surface area (Å²) in [4.78, 5) is 38.5. The molecule has 6 nitrogen and oxygen atoms in total. The molecule has 0 aromatic rings. The Morgan fingerprint density at radius 1 is 0.253 bits per heavy atom. The highest BCUT2D eigenvalue weighted by atomic mass is 16.6. The third kappa shape index (κ3) is 68.7. The number of carbonyl (C=O) groups is 3. The average Bonchev–Trinajstić information content (AvgIpc) is 3.49. The summed E-state index contributed by atoms with van der Waals surface area (Å²) in [5.74, 6) is -0.947. The van der Waals surface area contributed by atoms with E-state index in [0.29, 0.717) is 19.3 Å². The lowest BCUT2D eigenvalue weighted by Crippen LogP contribution is -2.30. The fourth-order valence-corrected chi connectivity index (χ4v) is 9.99. The van der Waals surface area contributed by atoms with Gasteiger partial charge in [-0.1, -0.05) is 329 Å². The van der Waals surface area contributed by atoms with Crippen LogP contribution >= 0.6 is 0 Å². The Balaban J connectivity index is 4.47. The Morgan fingerprint density at radius 2 is 0.482 bits per heavy atom. The first-order chi connectivity index (χ1) is 41.0. The van der Waals surface area contributed by atoms with Gasteiger partial charge in [-0.15, -0.1) is 0 Å². The predicted molar refractivity (Wildman–Crippen MR) is 362 cm³/mol. The van der Waals surface area contributed by atoms with Crippen LogP contribution in [0.2, 0.25) is 0 Å². The molecule has 476 valence electrons. The molecule has 0 spiro atoms. The molecule has 0 aromatic carbocycles. The van der Waals surface area contributed by atoms with Gasteiger partial charge in [-0.3, -0.25) is 14.4 Å². The summed E-state index contributed by atoms with van der Waals surface area (Å²) in [5.41, 5.74) is 0. The molecule has 0 aliphatic heterocycles. The van der Waals surface area contributed by atoms with Crippen LogP contribution in [0.4, 0.5) is 0 Å². The molecule has 0 aliphatic rings. The van der Waals surface area contributed by atoms with E-state index in [4.69, 9.17) is 14.2 Å². The van der Waals surface area contributed by atoms with Crippen molar-refractivity contribution in [3.63, 3.8) is 0 Å². The number of hydrogen-bond donors (Lipinski definition) is 0. The van der Waals surface area contributed by atoms with Crippen molar-refractivity contribution in [1.82, 2.24) is 0 Å². The topological polar surface area (TPSA) is 78.9 Å². The van der Waals surface area contributed by atoms with Gasteiger partial charge in [-0.05, 0) is 103 Å². The number of allylic oxidation sites excluding steroid dienone is 18.